The molecule has 3 aliphatic rings. The minimum Gasteiger partial charge on any atom is -0.508 e. The van der Waals surface area contributed by atoms with Crippen molar-refractivity contribution in [1.29, 1.82) is 0 Å². The van der Waals surface area contributed by atoms with Gasteiger partial charge in [-0.15, -0.1) is 0 Å². The fourth-order valence-corrected chi connectivity index (χ4v) is 8.26. The van der Waals surface area contributed by atoms with Crippen molar-refractivity contribution in [3.8, 4) is 23.0 Å². The molecule has 2 atom stereocenters. The molecule has 10 nitrogen and oxygen atoms in total. The Morgan fingerprint density at radius 3 is 2.70 bits per heavy atom. The van der Waals surface area contributed by atoms with Crippen molar-refractivity contribution in [2.75, 3.05) is 37.7 Å². The Labute approximate surface area is 286 Å². The first-order valence-electron chi connectivity index (χ1n) is 17.3. The van der Waals surface area contributed by atoms with E-state index in [1.165, 1.54) is 29.1 Å². The van der Waals surface area contributed by atoms with Gasteiger partial charge >= 0.3 is 6.01 Å². The van der Waals surface area contributed by atoms with Crippen molar-refractivity contribution in [1.82, 2.24) is 29.6 Å². The average Bonchev–Trinajstić information content (AvgIpc) is 3.80. The van der Waals surface area contributed by atoms with Crippen molar-refractivity contribution in [2.45, 2.75) is 64.1 Å². The van der Waals surface area contributed by atoms with Crippen LogP contribution in [0.4, 0.5) is 19.0 Å². The molecule has 2 aromatic carbocycles. The fourth-order valence-electron chi connectivity index (χ4n) is 8.26. The summed E-state index contributed by atoms with van der Waals surface area (Å²) in [5.41, 5.74) is 0.791. The van der Waals surface area contributed by atoms with Gasteiger partial charge in [0, 0.05) is 49.9 Å². The molecule has 3 fully saturated rings. The normalized spacial score (nSPS) is 21.4. The molecule has 0 unspecified atom stereocenters. The van der Waals surface area contributed by atoms with Gasteiger partial charge in [0.25, 0.3) is 0 Å². The first-order chi connectivity index (χ1) is 24.1. The van der Waals surface area contributed by atoms with E-state index < -0.39 is 23.3 Å². The maximum atomic E-state index is 16.9. The number of aromatic nitrogens is 5. The Bertz CT molecular complexity index is 2130. The number of anilines is 1. The Morgan fingerprint density at radius 1 is 1.12 bits per heavy atom. The summed E-state index contributed by atoms with van der Waals surface area (Å²) in [5, 5.41) is 16.3. The summed E-state index contributed by atoms with van der Waals surface area (Å²) >= 11 is 0. The van der Waals surface area contributed by atoms with Gasteiger partial charge in [0.2, 0.25) is 5.91 Å². The number of pyridine rings is 1. The second-order valence-corrected chi connectivity index (χ2v) is 13.8. The number of benzene rings is 2. The van der Waals surface area contributed by atoms with Crippen LogP contribution in [-0.4, -0.2) is 85.1 Å². The van der Waals surface area contributed by atoms with Gasteiger partial charge in [0.1, 0.15) is 41.4 Å². The van der Waals surface area contributed by atoms with Crippen LogP contribution in [0, 0.1) is 24.5 Å². The van der Waals surface area contributed by atoms with Gasteiger partial charge in [0.05, 0.1) is 16.6 Å². The molecular weight excluding hydrogens is 647 g/mol. The van der Waals surface area contributed by atoms with Crippen molar-refractivity contribution in [2.24, 2.45) is 5.92 Å². The highest BCUT2D eigenvalue weighted by molar-refractivity contribution is 6.01. The van der Waals surface area contributed by atoms with Gasteiger partial charge in [-0.3, -0.25) is 14.7 Å². The monoisotopic (exact) mass is 685 g/mol. The zero-order chi connectivity index (χ0) is 34.7. The highest BCUT2D eigenvalue weighted by Gasteiger charge is 2.49. The van der Waals surface area contributed by atoms with Crippen LogP contribution in [0.25, 0.3) is 32.9 Å². The molecule has 3 aromatic heterocycles. The van der Waals surface area contributed by atoms with Crippen LogP contribution in [0.3, 0.4) is 0 Å². The van der Waals surface area contributed by atoms with E-state index in [4.69, 9.17) is 9.72 Å². The lowest BCUT2D eigenvalue weighted by molar-refractivity contribution is 0.0795. The van der Waals surface area contributed by atoms with E-state index in [1.54, 1.807) is 18.3 Å². The van der Waals surface area contributed by atoms with E-state index in [0.717, 1.165) is 25.1 Å². The highest BCUT2D eigenvalue weighted by Crippen LogP contribution is 2.42. The number of nitrogens with zero attached hydrogens (tertiary/aromatic N) is 7. The Hall–Kier alpha value is -4.78. The van der Waals surface area contributed by atoms with Crippen LogP contribution >= 0.6 is 0 Å². The molecule has 6 heterocycles. The van der Waals surface area contributed by atoms with Crippen molar-refractivity contribution >= 4 is 33.4 Å². The fraction of sp³-hybridized carbons (Fsp3) is 0.432. The molecule has 0 spiro atoms. The summed E-state index contributed by atoms with van der Waals surface area (Å²) in [6, 6.07) is 7.55. The van der Waals surface area contributed by atoms with Crippen molar-refractivity contribution in [3.63, 3.8) is 0 Å². The molecule has 3 saturated heterocycles. The minimum absolute atomic E-state index is 0.0401. The zero-order valence-electron chi connectivity index (χ0n) is 28.0. The van der Waals surface area contributed by atoms with Gasteiger partial charge in [-0.25, -0.2) is 17.9 Å². The van der Waals surface area contributed by atoms with E-state index in [-0.39, 0.29) is 47.0 Å². The summed E-state index contributed by atoms with van der Waals surface area (Å²) in [6.07, 6.45) is 5.72. The van der Waals surface area contributed by atoms with Crippen molar-refractivity contribution < 1.29 is 27.8 Å². The number of carbonyl (C=O) groups is 1. The quantitative estimate of drug-likeness (QED) is 0.208. The smallest absolute Gasteiger partial charge is 0.319 e. The predicted molar refractivity (Wildman–Crippen MR) is 182 cm³/mol. The molecule has 8 rings (SSSR count). The van der Waals surface area contributed by atoms with Crippen LogP contribution < -0.4 is 9.64 Å². The topological polar surface area (TPSA) is 110 Å². The number of piperidine rings is 1. The van der Waals surface area contributed by atoms with Gasteiger partial charge in [-0.1, -0.05) is 13.0 Å². The minimum atomic E-state index is -0.942. The molecule has 0 amide bonds. The number of phenols is 1. The number of aromatic hydroxyl groups is 1. The number of aryl methyl sites for hydroxylation is 2. The number of rotatable bonds is 7. The molecule has 5 aromatic rings. The van der Waals surface area contributed by atoms with Crippen molar-refractivity contribution in [3.05, 3.63) is 65.6 Å². The SMILES string of the molecule is CCc1c(F)ccc2cc(O)cc(-c3ncc4c(N5CCC(C(=O)n6ccc(C)n6)CC5)nc(OC[C@@]56CCCN5C[C@H](F)C6)nc4c3F)c12. The van der Waals surface area contributed by atoms with Crippen LogP contribution in [0.1, 0.15) is 55.1 Å². The number of phenolic OH excluding ortho intramolecular Hbond substituents is 1. The summed E-state index contributed by atoms with van der Waals surface area (Å²) in [4.78, 5) is 31.1. The van der Waals surface area contributed by atoms with Gasteiger partial charge in [-0.2, -0.15) is 15.1 Å². The maximum absolute atomic E-state index is 16.9. The molecule has 1 N–H and O–H groups in total. The third-order valence-electron chi connectivity index (χ3n) is 10.7. The van der Waals surface area contributed by atoms with E-state index in [1.807, 2.05) is 18.7 Å². The summed E-state index contributed by atoms with van der Waals surface area (Å²) in [5.74, 6) is -1.21. The van der Waals surface area contributed by atoms with Gasteiger partial charge in [0.15, 0.2) is 5.82 Å². The predicted octanol–water partition coefficient (Wildman–Crippen LogP) is 6.41. The standard InChI is InChI=1S/C37H38F3N7O3/c1-3-26-29(39)6-5-23-15-25(48)16-27(30(23)26)32-31(40)33-28(18-41-32)34(45-12-8-22(9-13-45)35(49)47-14-7-21(2)44-47)43-36(42-33)50-20-37-10-4-11-46(37)19-24(38)17-37/h5-7,14-16,18,22,24,48H,3-4,8-13,17,19-20H2,1-2H3/t24-,37+/m1/s1. The maximum Gasteiger partial charge on any atom is 0.319 e. The van der Waals surface area contributed by atoms with Gasteiger partial charge in [-0.05, 0) is 86.2 Å². The third kappa shape index (κ3) is 5.51. The average molecular weight is 686 g/mol. The molecule has 0 radical (unpaired) electrons. The number of ether oxygens (including phenoxy) is 1. The van der Waals surface area contributed by atoms with Gasteiger partial charge < -0.3 is 14.7 Å². The van der Waals surface area contributed by atoms with Crippen LogP contribution in [0.5, 0.6) is 11.8 Å². The number of hydrogen-bond donors (Lipinski definition) is 1. The molecule has 3 aliphatic heterocycles. The van der Waals surface area contributed by atoms with Crippen LogP contribution in [0.2, 0.25) is 0 Å². The lowest BCUT2D eigenvalue weighted by atomic mass is 9.94. The summed E-state index contributed by atoms with van der Waals surface area (Å²) in [6.45, 7) is 5.89. The molecule has 0 aliphatic carbocycles. The van der Waals surface area contributed by atoms with E-state index in [2.05, 4.69) is 20.0 Å². The Balaban J connectivity index is 1.20. The molecular formula is C37H38F3N7O3. The number of carbonyl (C=O) groups excluding carboxylic acids is 1. The highest BCUT2D eigenvalue weighted by atomic mass is 19.1. The zero-order valence-corrected chi connectivity index (χ0v) is 28.0. The molecule has 13 heteroatoms. The Kier molecular flexibility index (Phi) is 8.12. The second-order valence-electron chi connectivity index (χ2n) is 13.8. The lowest BCUT2D eigenvalue weighted by Gasteiger charge is -2.33. The first-order valence-corrected chi connectivity index (χ1v) is 17.3. The number of halogens is 3. The lowest BCUT2D eigenvalue weighted by Crippen LogP contribution is -2.43. The van der Waals surface area contributed by atoms with Crippen LogP contribution in [0.15, 0.2) is 42.7 Å². The van der Waals surface area contributed by atoms with Crippen LogP contribution in [-0.2, 0) is 6.42 Å². The molecule has 50 heavy (non-hydrogen) atoms. The second kappa shape index (κ2) is 12.5. The molecule has 0 saturated carbocycles. The Morgan fingerprint density at radius 2 is 1.94 bits per heavy atom. The number of alkyl halides is 1. The number of hydrogen-bond acceptors (Lipinski definition) is 9. The summed E-state index contributed by atoms with van der Waals surface area (Å²) in [7, 11) is 0. The van der Waals surface area contributed by atoms with E-state index in [0.29, 0.717) is 72.9 Å². The molecule has 0 bridgehead atoms. The van der Waals surface area contributed by atoms with E-state index >= 15 is 8.78 Å². The summed E-state index contributed by atoms with van der Waals surface area (Å²) < 4.78 is 54.1. The van der Waals surface area contributed by atoms with E-state index in [9.17, 15) is 14.3 Å². The number of fused-ring (bicyclic) bond motifs is 3. The molecule has 260 valence electrons. The third-order valence-corrected chi connectivity index (χ3v) is 10.7. The first kappa shape index (κ1) is 32.4. The largest absolute Gasteiger partial charge is 0.508 e.